The van der Waals surface area contributed by atoms with Gasteiger partial charge in [0, 0.05) is 24.5 Å². The Morgan fingerprint density at radius 1 is 1.08 bits per heavy atom. The number of anilines is 2. The van der Waals surface area contributed by atoms with Gasteiger partial charge in [-0.3, -0.25) is 4.79 Å². The lowest BCUT2D eigenvalue weighted by atomic mass is 10.2. The zero-order valence-electron chi connectivity index (χ0n) is 13.3. The standard InChI is InChI=1S/C16H20ClN3O4S/c17-14-6-5-13(25-14)16(24)19-8-12(22)7-18-10-1-3-11(4-2-10)20-15(23)9-21/h1-6,12,15,18,20-23H,7-9H2,(H,19,24). The summed E-state index contributed by atoms with van der Waals surface area (Å²) in [5.74, 6) is -0.270. The van der Waals surface area contributed by atoms with Crippen LogP contribution in [0.15, 0.2) is 36.4 Å². The SMILES string of the molecule is O=C(NCC(O)CNc1ccc(NC(O)CO)cc1)c1ccc(Cl)s1. The largest absolute Gasteiger partial charge is 0.392 e. The van der Waals surface area contributed by atoms with Gasteiger partial charge in [-0.15, -0.1) is 11.3 Å². The third kappa shape index (κ3) is 6.52. The van der Waals surface area contributed by atoms with E-state index in [1.165, 1.54) is 11.3 Å². The van der Waals surface area contributed by atoms with Gasteiger partial charge in [-0.25, -0.2) is 0 Å². The molecule has 25 heavy (non-hydrogen) atoms. The first kappa shape index (κ1) is 19.5. The van der Waals surface area contributed by atoms with Crippen LogP contribution in [0.5, 0.6) is 0 Å². The summed E-state index contributed by atoms with van der Waals surface area (Å²) in [4.78, 5) is 12.3. The quantitative estimate of drug-likeness (QED) is 0.363. The molecule has 1 heterocycles. The van der Waals surface area contributed by atoms with E-state index in [-0.39, 0.29) is 25.6 Å². The number of hydrogen-bond acceptors (Lipinski definition) is 7. The molecule has 0 saturated carbocycles. The molecule has 2 unspecified atom stereocenters. The molecule has 0 bridgehead atoms. The fourth-order valence-corrected chi connectivity index (χ4v) is 2.92. The molecule has 2 rings (SSSR count). The molecule has 0 aliphatic heterocycles. The number of hydrogen-bond donors (Lipinski definition) is 6. The Hall–Kier alpha value is -1.84. The van der Waals surface area contributed by atoms with Crippen molar-refractivity contribution in [2.24, 2.45) is 0 Å². The maximum Gasteiger partial charge on any atom is 0.261 e. The second kappa shape index (κ2) is 9.59. The van der Waals surface area contributed by atoms with Gasteiger partial charge in [-0.05, 0) is 36.4 Å². The molecule has 1 amide bonds. The van der Waals surface area contributed by atoms with Gasteiger partial charge in [-0.2, -0.15) is 0 Å². The predicted octanol–water partition coefficient (Wildman–Crippen LogP) is 1.33. The van der Waals surface area contributed by atoms with E-state index < -0.39 is 12.3 Å². The summed E-state index contributed by atoms with van der Waals surface area (Å²) in [6.07, 6.45) is -1.77. The molecule has 2 aromatic rings. The number of aliphatic hydroxyl groups is 3. The van der Waals surface area contributed by atoms with Crippen molar-refractivity contribution in [2.75, 3.05) is 30.3 Å². The molecule has 7 nitrogen and oxygen atoms in total. The molecule has 0 saturated heterocycles. The topological polar surface area (TPSA) is 114 Å². The van der Waals surface area contributed by atoms with E-state index in [1.54, 1.807) is 36.4 Å². The van der Waals surface area contributed by atoms with Crippen molar-refractivity contribution in [1.29, 1.82) is 0 Å². The van der Waals surface area contributed by atoms with Crippen molar-refractivity contribution in [3.63, 3.8) is 0 Å². The van der Waals surface area contributed by atoms with Crippen LogP contribution in [0.3, 0.4) is 0 Å². The summed E-state index contributed by atoms with van der Waals surface area (Å²) >= 11 is 6.96. The van der Waals surface area contributed by atoms with E-state index in [0.29, 0.717) is 14.9 Å². The summed E-state index contributed by atoms with van der Waals surface area (Å²) in [6.45, 7) is -0.00318. The van der Waals surface area contributed by atoms with Gasteiger partial charge in [0.1, 0.15) is 6.23 Å². The van der Waals surface area contributed by atoms with Gasteiger partial charge in [0.15, 0.2) is 0 Å². The first-order valence-electron chi connectivity index (χ1n) is 7.59. The van der Waals surface area contributed by atoms with Crippen LogP contribution in [0.1, 0.15) is 9.67 Å². The number of benzene rings is 1. The summed E-state index contributed by atoms with van der Waals surface area (Å²) in [5.41, 5.74) is 1.44. The van der Waals surface area contributed by atoms with Gasteiger partial charge >= 0.3 is 0 Å². The first-order chi connectivity index (χ1) is 12.0. The molecule has 136 valence electrons. The lowest BCUT2D eigenvalue weighted by molar-refractivity contribution is 0.0926. The second-order valence-corrected chi connectivity index (χ2v) is 6.98. The molecule has 0 aliphatic rings. The van der Waals surface area contributed by atoms with Gasteiger partial charge in [0.25, 0.3) is 5.91 Å². The van der Waals surface area contributed by atoms with Crippen LogP contribution in [0.25, 0.3) is 0 Å². The van der Waals surface area contributed by atoms with Crippen LogP contribution < -0.4 is 16.0 Å². The Kier molecular flexibility index (Phi) is 7.48. The highest BCUT2D eigenvalue weighted by molar-refractivity contribution is 7.17. The highest BCUT2D eigenvalue weighted by atomic mass is 35.5. The monoisotopic (exact) mass is 385 g/mol. The molecule has 6 N–H and O–H groups in total. The minimum Gasteiger partial charge on any atom is -0.392 e. The Balaban J connectivity index is 1.72. The molecule has 1 aromatic heterocycles. The third-order valence-electron chi connectivity index (χ3n) is 3.23. The van der Waals surface area contributed by atoms with E-state index >= 15 is 0 Å². The van der Waals surface area contributed by atoms with Crippen LogP contribution in [0, 0.1) is 0 Å². The molecule has 1 aromatic carbocycles. The summed E-state index contributed by atoms with van der Waals surface area (Å²) in [5, 5.41) is 36.4. The van der Waals surface area contributed by atoms with Gasteiger partial charge in [0.05, 0.1) is 21.9 Å². The fraction of sp³-hybridized carbons (Fsp3) is 0.312. The normalized spacial score (nSPS) is 13.1. The fourth-order valence-electron chi connectivity index (χ4n) is 1.96. The van der Waals surface area contributed by atoms with Crippen molar-refractivity contribution in [2.45, 2.75) is 12.3 Å². The highest BCUT2D eigenvalue weighted by Gasteiger charge is 2.11. The Morgan fingerprint density at radius 2 is 1.76 bits per heavy atom. The zero-order valence-corrected chi connectivity index (χ0v) is 14.8. The van der Waals surface area contributed by atoms with Crippen LogP contribution in [-0.4, -0.2) is 53.3 Å². The minimum atomic E-state index is -1.01. The van der Waals surface area contributed by atoms with Crippen molar-refractivity contribution in [3.8, 4) is 0 Å². The molecule has 0 radical (unpaired) electrons. The molecule has 0 fully saturated rings. The number of nitrogens with one attached hydrogen (secondary N) is 3. The average Bonchev–Trinajstić information content (AvgIpc) is 3.05. The number of amides is 1. The van der Waals surface area contributed by atoms with Crippen LogP contribution >= 0.6 is 22.9 Å². The van der Waals surface area contributed by atoms with E-state index in [0.717, 1.165) is 5.69 Å². The van der Waals surface area contributed by atoms with E-state index in [4.69, 9.17) is 16.7 Å². The number of carbonyl (C=O) groups is 1. The summed E-state index contributed by atoms with van der Waals surface area (Å²) in [6, 6.07) is 10.3. The second-order valence-electron chi connectivity index (χ2n) is 5.27. The third-order valence-corrected chi connectivity index (χ3v) is 4.46. The molecular weight excluding hydrogens is 366 g/mol. The van der Waals surface area contributed by atoms with Crippen LogP contribution in [0.4, 0.5) is 11.4 Å². The van der Waals surface area contributed by atoms with Gasteiger partial charge in [-0.1, -0.05) is 11.6 Å². The molecule has 9 heteroatoms. The van der Waals surface area contributed by atoms with Crippen molar-refractivity contribution in [1.82, 2.24) is 5.32 Å². The smallest absolute Gasteiger partial charge is 0.261 e. The Bertz CT molecular complexity index is 680. The lowest BCUT2D eigenvalue weighted by Gasteiger charge is -2.15. The minimum absolute atomic E-state index is 0.115. The summed E-state index contributed by atoms with van der Waals surface area (Å²) in [7, 11) is 0. The highest BCUT2D eigenvalue weighted by Crippen LogP contribution is 2.21. The zero-order chi connectivity index (χ0) is 18.2. The number of thiophene rings is 1. The van der Waals surface area contributed by atoms with Gasteiger partial charge in [0.2, 0.25) is 0 Å². The molecule has 0 spiro atoms. The van der Waals surface area contributed by atoms with Crippen LogP contribution in [0.2, 0.25) is 4.34 Å². The maximum absolute atomic E-state index is 11.9. The van der Waals surface area contributed by atoms with E-state index in [9.17, 15) is 15.0 Å². The van der Waals surface area contributed by atoms with Crippen molar-refractivity contribution in [3.05, 3.63) is 45.6 Å². The first-order valence-corrected chi connectivity index (χ1v) is 8.78. The lowest BCUT2D eigenvalue weighted by Crippen LogP contribution is -2.35. The molecule has 2 atom stereocenters. The maximum atomic E-state index is 11.9. The Morgan fingerprint density at radius 3 is 2.36 bits per heavy atom. The van der Waals surface area contributed by atoms with E-state index in [1.807, 2.05) is 0 Å². The number of aliphatic hydroxyl groups excluding tert-OH is 3. The van der Waals surface area contributed by atoms with Crippen LogP contribution in [-0.2, 0) is 0 Å². The average molecular weight is 386 g/mol. The Labute approximate surface area is 154 Å². The number of halogens is 1. The van der Waals surface area contributed by atoms with Crippen molar-refractivity contribution < 1.29 is 20.1 Å². The summed E-state index contributed by atoms with van der Waals surface area (Å²) < 4.78 is 0.539. The van der Waals surface area contributed by atoms with E-state index in [2.05, 4.69) is 16.0 Å². The number of rotatable bonds is 9. The number of carbonyl (C=O) groups excluding carboxylic acids is 1. The van der Waals surface area contributed by atoms with Crippen molar-refractivity contribution >= 4 is 40.2 Å². The predicted molar refractivity (Wildman–Crippen MR) is 99.3 cm³/mol. The van der Waals surface area contributed by atoms with Gasteiger partial charge < -0.3 is 31.3 Å². The molecule has 0 aliphatic carbocycles. The molecular formula is C16H20ClN3O4S.